The maximum atomic E-state index is 3.75. The van der Waals surface area contributed by atoms with Gasteiger partial charge >= 0.3 is 0 Å². The standard InChI is InChI=1S/C18H26BrN/c19-18-10-4-3-9-17(18)15-12-16(13-15)20-11-5-8-14-6-1-2-7-14/h3-4,9-10,14-16,20H,1-2,5-8,11-13H2. The van der Waals surface area contributed by atoms with E-state index in [0.717, 1.165) is 17.9 Å². The molecule has 20 heavy (non-hydrogen) atoms. The molecule has 2 aliphatic carbocycles. The van der Waals surface area contributed by atoms with Crippen LogP contribution >= 0.6 is 15.9 Å². The molecule has 0 amide bonds. The average Bonchev–Trinajstić information content (AvgIpc) is 2.91. The summed E-state index contributed by atoms with van der Waals surface area (Å²) >= 11 is 3.67. The molecule has 110 valence electrons. The molecular formula is C18H26BrN. The van der Waals surface area contributed by atoms with E-state index in [1.165, 1.54) is 67.9 Å². The van der Waals surface area contributed by atoms with Crippen molar-refractivity contribution in [2.75, 3.05) is 6.54 Å². The molecule has 2 fully saturated rings. The predicted molar refractivity (Wildman–Crippen MR) is 89.1 cm³/mol. The first-order chi connectivity index (χ1) is 9.83. The second kappa shape index (κ2) is 7.09. The molecule has 2 aliphatic rings. The van der Waals surface area contributed by atoms with E-state index >= 15 is 0 Å². The minimum atomic E-state index is 0.760. The maximum absolute atomic E-state index is 3.75. The fourth-order valence-corrected chi connectivity index (χ4v) is 4.45. The third-order valence-electron chi connectivity index (χ3n) is 5.18. The lowest BCUT2D eigenvalue weighted by Crippen LogP contribution is -2.40. The Labute approximate surface area is 131 Å². The molecule has 0 aromatic heterocycles. The van der Waals surface area contributed by atoms with Gasteiger partial charge in [0, 0.05) is 10.5 Å². The van der Waals surface area contributed by atoms with Gasteiger partial charge in [0.15, 0.2) is 0 Å². The number of halogens is 1. The van der Waals surface area contributed by atoms with E-state index < -0.39 is 0 Å². The molecule has 2 heteroatoms. The van der Waals surface area contributed by atoms with E-state index in [1.807, 2.05) is 0 Å². The van der Waals surface area contributed by atoms with Crippen molar-refractivity contribution < 1.29 is 0 Å². The second-order valence-corrected chi connectivity index (χ2v) is 7.49. The third-order valence-corrected chi connectivity index (χ3v) is 5.90. The molecule has 0 saturated heterocycles. The first-order valence-corrected chi connectivity index (χ1v) is 9.10. The predicted octanol–water partition coefficient (Wildman–Crippen LogP) is 5.26. The van der Waals surface area contributed by atoms with Crippen molar-refractivity contribution in [1.29, 1.82) is 0 Å². The Morgan fingerprint density at radius 2 is 1.85 bits per heavy atom. The van der Waals surface area contributed by atoms with Crippen LogP contribution < -0.4 is 5.32 Å². The minimum Gasteiger partial charge on any atom is -0.314 e. The van der Waals surface area contributed by atoms with Gasteiger partial charge in [0.2, 0.25) is 0 Å². The van der Waals surface area contributed by atoms with Gasteiger partial charge in [-0.2, -0.15) is 0 Å². The summed E-state index contributed by atoms with van der Waals surface area (Å²) in [6, 6.07) is 9.45. The highest BCUT2D eigenvalue weighted by Crippen LogP contribution is 2.40. The zero-order valence-corrected chi connectivity index (χ0v) is 13.9. The van der Waals surface area contributed by atoms with Crippen molar-refractivity contribution in [2.45, 2.75) is 63.3 Å². The van der Waals surface area contributed by atoms with E-state index in [4.69, 9.17) is 0 Å². The summed E-state index contributed by atoms with van der Waals surface area (Å²) in [5, 5.41) is 3.75. The Kier molecular flexibility index (Phi) is 5.17. The van der Waals surface area contributed by atoms with Crippen LogP contribution in [0.15, 0.2) is 28.7 Å². The number of hydrogen-bond donors (Lipinski definition) is 1. The largest absolute Gasteiger partial charge is 0.314 e. The Hall–Kier alpha value is -0.340. The Balaban J connectivity index is 1.31. The fourth-order valence-electron chi connectivity index (χ4n) is 3.84. The molecule has 0 bridgehead atoms. The van der Waals surface area contributed by atoms with Crippen molar-refractivity contribution in [3.63, 3.8) is 0 Å². The minimum absolute atomic E-state index is 0.760. The van der Waals surface area contributed by atoms with E-state index in [1.54, 1.807) is 0 Å². The fraction of sp³-hybridized carbons (Fsp3) is 0.667. The molecule has 0 heterocycles. The molecular weight excluding hydrogens is 310 g/mol. The van der Waals surface area contributed by atoms with Gasteiger partial charge in [-0.25, -0.2) is 0 Å². The van der Waals surface area contributed by atoms with Crippen LogP contribution in [0.2, 0.25) is 0 Å². The number of nitrogens with one attached hydrogen (secondary N) is 1. The second-order valence-electron chi connectivity index (χ2n) is 6.63. The molecule has 0 spiro atoms. The van der Waals surface area contributed by atoms with E-state index in [0.29, 0.717) is 0 Å². The molecule has 3 rings (SSSR count). The zero-order valence-electron chi connectivity index (χ0n) is 12.3. The lowest BCUT2D eigenvalue weighted by molar-refractivity contribution is 0.286. The highest BCUT2D eigenvalue weighted by Gasteiger charge is 2.30. The topological polar surface area (TPSA) is 12.0 Å². The molecule has 0 atom stereocenters. The number of hydrogen-bond acceptors (Lipinski definition) is 1. The van der Waals surface area contributed by atoms with Crippen LogP contribution in [-0.4, -0.2) is 12.6 Å². The van der Waals surface area contributed by atoms with Crippen molar-refractivity contribution in [2.24, 2.45) is 5.92 Å². The number of benzene rings is 1. The third kappa shape index (κ3) is 3.65. The molecule has 0 unspecified atom stereocenters. The van der Waals surface area contributed by atoms with E-state index in [-0.39, 0.29) is 0 Å². The first-order valence-electron chi connectivity index (χ1n) is 8.30. The van der Waals surface area contributed by atoms with Crippen LogP contribution in [0.5, 0.6) is 0 Å². The zero-order chi connectivity index (χ0) is 13.8. The van der Waals surface area contributed by atoms with Crippen molar-refractivity contribution in [3.05, 3.63) is 34.3 Å². The van der Waals surface area contributed by atoms with Crippen molar-refractivity contribution in [1.82, 2.24) is 5.32 Å². The van der Waals surface area contributed by atoms with Crippen LogP contribution in [0.25, 0.3) is 0 Å². The monoisotopic (exact) mass is 335 g/mol. The van der Waals surface area contributed by atoms with Crippen LogP contribution in [0.4, 0.5) is 0 Å². The number of rotatable bonds is 6. The van der Waals surface area contributed by atoms with E-state index in [2.05, 4.69) is 45.5 Å². The van der Waals surface area contributed by atoms with E-state index in [9.17, 15) is 0 Å². The lowest BCUT2D eigenvalue weighted by atomic mass is 9.76. The summed E-state index contributed by atoms with van der Waals surface area (Å²) in [4.78, 5) is 0. The summed E-state index contributed by atoms with van der Waals surface area (Å²) in [6.07, 6.45) is 11.4. The normalized spacial score (nSPS) is 26.6. The Morgan fingerprint density at radius 3 is 2.60 bits per heavy atom. The summed E-state index contributed by atoms with van der Waals surface area (Å²) in [5.41, 5.74) is 1.50. The van der Waals surface area contributed by atoms with Gasteiger partial charge in [-0.05, 0) is 55.7 Å². The maximum Gasteiger partial charge on any atom is 0.0210 e. The smallest absolute Gasteiger partial charge is 0.0210 e. The SMILES string of the molecule is Brc1ccccc1C1CC(NCCCC2CCCC2)C1. The molecule has 1 N–H and O–H groups in total. The summed E-state index contributed by atoms with van der Waals surface area (Å²) in [5.74, 6) is 1.81. The lowest BCUT2D eigenvalue weighted by Gasteiger charge is -2.37. The van der Waals surface area contributed by atoms with Crippen LogP contribution in [0, 0.1) is 5.92 Å². The van der Waals surface area contributed by atoms with Gasteiger partial charge in [0.1, 0.15) is 0 Å². The Morgan fingerprint density at radius 1 is 1.10 bits per heavy atom. The van der Waals surface area contributed by atoms with Crippen LogP contribution in [0.3, 0.4) is 0 Å². The summed E-state index contributed by atoms with van der Waals surface area (Å²) in [6.45, 7) is 1.23. The molecule has 1 nitrogen and oxygen atoms in total. The highest BCUT2D eigenvalue weighted by atomic mass is 79.9. The molecule has 2 saturated carbocycles. The molecule has 1 aromatic carbocycles. The van der Waals surface area contributed by atoms with Crippen molar-refractivity contribution >= 4 is 15.9 Å². The van der Waals surface area contributed by atoms with Crippen LogP contribution in [0.1, 0.15) is 62.8 Å². The molecule has 1 aromatic rings. The van der Waals surface area contributed by atoms with Gasteiger partial charge in [-0.3, -0.25) is 0 Å². The van der Waals surface area contributed by atoms with Crippen LogP contribution in [-0.2, 0) is 0 Å². The molecule has 0 radical (unpaired) electrons. The Bertz CT molecular complexity index is 419. The highest BCUT2D eigenvalue weighted by molar-refractivity contribution is 9.10. The quantitative estimate of drug-likeness (QED) is 0.699. The first kappa shape index (κ1) is 14.6. The van der Waals surface area contributed by atoms with Gasteiger partial charge in [-0.1, -0.05) is 59.8 Å². The van der Waals surface area contributed by atoms with Crippen molar-refractivity contribution in [3.8, 4) is 0 Å². The molecule has 0 aliphatic heterocycles. The van der Waals surface area contributed by atoms with Gasteiger partial charge in [0.25, 0.3) is 0 Å². The van der Waals surface area contributed by atoms with Gasteiger partial charge in [-0.15, -0.1) is 0 Å². The summed E-state index contributed by atoms with van der Waals surface area (Å²) in [7, 11) is 0. The average molecular weight is 336 g/mol. The summed E-state index contributed by atoms with van der Waals surface area (Å²) < 4.78 is 1.28. The van der Waals surface area contributed by atoms with Gasteiger partial charge in [0.05, 0.1) is 0 Å². The van der Waals surface area contributed by atoms with Gasteiger partial charge < -0.3 is 5.32 Å².